The van der Waals surface area contributed by atoms with Crippen molar-refractivity contribution >= 4 is 21.4 Å². The van der Waals surface area contributed by atoms with Crippen molar-refractivity contribution in [2.45, 2.75) is 38.1 Å². The maximum atomic E-state index is 11.6. The molecule has 1 fully saturated rings. The Morgan fingerprint density at radius 1 is 1.32 bits per heavy atom. The average Bonchev–Trinajstić information content (AvgIpc) is 2.59. The topological polar surface area (TPSA) is 89.4 Å². The van der Waals surface area contributed by atoms with Gasteiger partial charge in [-0.3, -0.25) is 0 Å². The summed E-state index contributed by atoms with van der Waals surface area (Å²) in [5.74, 6) is 0.591. The molecule has 1 aromatic rings. The highest BCUT2D eigenvalue weighted by molar-refractivity contribution is 7.89. The zero-order valence-electron chi connectivity index (χ0n) is 11.6. The Labute approximate surface area is 114 Å². The predicted molar refractivity (Wildman–Crippen MR) is 77.6 cm³/mol. The summed E-state index contributed by atoms with van der Waals surface area (Å²) in [6.07, 6.45) is 1.10. The number of hydrogen-bond donors (Lipinski definition) is 2. The predicted octanol–water partition coefficient (Wildman–Crippen LogP) is 1.46. The Balaban J connectivity index is 2.56. The molecule has 2 unspecified atom stereocenters. The van der Waals surface area contributed by atoms with Crippen molar-refractivity contribution in [1.82, 2.24) is 0 Å². The van der Waals surface area contributed by atoms with Gasteiger partial charge in [-0.1, -0.05) is 6.92 Å². The van der Waals surface area contributed by atoms with E-state index >= 15 is 0 Å². The van der Waals surface area contributed by atoms with Gasteiger partial charge in [0, 0.05) is 24.0 Å². The number of nitrogens with two attached hydrogens (primary N) is 2. The van der Waals surface area contributed by atoms with Crippen LogP contribution in [0.1, 0.15) is 25.8 Å². The van der Waals surface area contributed by atoms with Crippen LogP contribution in [0.5, 0.6) is 0 Å². The van der Waals surface area contributed by atoms with Gasteiger partial charge in [-0.05, 0) is 43.9 Å². The van der Waals surface area contributed by atoms with E-state index in [0.29, 0.717) is 23.2 Å². The minimum atomic E-state index is -3.75. The molecule has 0 saturated carbocycles. The number of hydrogen-bond acceptors (Lipinski definition) is 4. The SMILES string of the molecule is Cc1c(N2CC(C)CC2C)cc(N)cc1S(N)(=O)=O. The number of benzene rings is 1. The minimum Gasteiger partial charge on any atom is -0.399 e. The molecule has 2 atom stereocenters. The number of primary sulfonamides is 1. The lowest BCUT2D eigenvalue weighted by Crippen LogP contribution is -2.28. The molecule has 1 aliphatic heterocycles. The Hall–Kier alpha value is -1.27. The molecule has 5 nitrogen and oxygen atoms in total. The molecule has 1 aromatic carbocycles. The molecule has 1 aliphatic rings. The number of rotatable bonds is 2. The van der Waals surface area contributed by atoms with Crippen LogP contribution in [-0.4, -0.2) is 21.0 Å². The first kappa shape index (κ1) is 14.1. The molecule has 1 saturated heterocycles. The van der Waals surface area contributed by atoms with Crippen molar-refractivity contribution in [3.8, 4) is 0 Å². The number of sulfonamides is 1. The molecule has 4 N–H and O–H groups in total. The van der Waals surface area contributed by atoms with Gasteiger partial charge in [-0.15, -0.1) is 0 Å². The normalized spacial score (nSPS) is 23.9. The molecule has 1 heterocycles. The highest BCUT2D eigenvalue weighted by atomic mass is 32.2. The molecule has 19 heavy (non-hydrogen) atoms. The first-order chi connectivity index (χ1) is 8.70. The van der Waals surface area contributed by atoms with E-state index in [9.17, 15) is 8.42 Å². The first-order valence-electron chi connectivity index (χ1n) is 6.39. The molecular weight excluding hydrogens is 262 g/mol. The van der Waals surface area contributed by atoms with Gasteiger partial charge < -0.3 is 10.6 Å². The quantitative estimate of drug-likeness (QED) is 0.804. The zero-order chi connectivity index (χ0) is 14.4. The second-order valence-corrected chi connectivity index (χ2v) is 7.08. The van der Waals surface area contributed by atoms with E-state index in [4.69, 9.17) is 10.9 Å². The number of anilines is 2. The monoisotopic (exact) mass is 283 g/mol. The van der Waals surface area contributed by atoms with Crippen LogP contribution in [0.15, 0.2) is 17.0 Å². The number of nitrogen functional groups attached to an aromatic ring is 1. The van der Waals surface area contributed by atoms with Crippen LogP contribution in [-0.2, 0) is 10.0 Å². The Morgan fingerprint density at radius 2 is 1.95 bits per heavy atom. The second-order valence-electron chi connectivity index (χ2n) is 5.55. The molecule has 0 aromatic heterocycles. The third-order valence-electron chi connectivity index (χ3n) is 3.75. The van der Waals surface area contributed by atoms with Crippen LogP contribution >= 0.6 is 0 Å². The summed E-state index contributed by atoms with van der Waals surface area (Å²) in [5.41, 5.74) is 7.81. The van der Waals surface area contributed by atoms with E-state index in [1.807, 2.05) is 6.07 Å². The van der Waals surface area contributed by atoms with Gasteiger partial charge >= 0.3 is 0 Å². The zero-order valence-corrected chi connectivity index (χ0v) is 12.4. The van der Waals surface area contributed by atoms with Crippen molar-refractivity contribution in [3.63, 3.8) is 0 Å². The third kappa shape index (κ3) is 2.69. The maximum absolute atomic E-state index is 11.6. The van der Waals surface area contributed by atoms with Crippen molar-refractivity contribution in [2.75, 3.05) is 17.2 Å². The maximum Gasteiger partial charge on any atom is 0.238 e. The van der Waals surface area contributed by atoms with Gasteiger partial charge in [0.05, 0.1) is 4.90 Å². The van der Waals surface area contributed by atoms with Gasteiger partial charge in [0.25, 0.3) is 0 Å². The Morgan fingerprint density at radius 3 is 2.42 bits per heavy atom. The molecule has 0 aliphatic carbocycles. The summed E-state index contributed by atoms with van der Waals surface area (Å²) in [6, 6.07) is 3.64. The summed E-state index contributed by atoms with van der Waals surface area (Å²) in [4.78, 5) is 2.33. The highest BCUT2D eigenvalue weighted by Gasteiger charge is 2.29. The van der Waals surface area contributed by atoms with Crippen LogP contribution < -0.4 is 15.8 Å². The molecule has 6 heteroatoms. The van der Waals surface area contributed by atoms with Crippen molar-refractivity contribution < 1.29 is 8.42 Å². The highest BCUT2D eigenvalue weighted by Crippen LogP contribution is 2.35. The second kappa shape index (κ2) is 4.68. The third-order valence-corrected chi connectivity index (χ3v) is 4.79. The average molecular weight is 283 g/mol. The summed E-state index contributed by atoms with van der Waals surface area (Å²) < 4.78 is 23.2. The molecule has 0 radical (unpaired) electrons. The van der Waals surface area contributed by atoms with E-state index < -0.39 is 10.0 Å². The molecule has 2 rings (SSSR count). The summed E-state index contributed by atoms with van der Waals surface area (Å²) in [5, 5.41) is 5.25. The summed E-state index contributed by atoms with van der Waals surface area (Å²) in [7, 11) is -3.75. The van der Waals surface area contributed by atoms with Gasteiger partial charge in [0.2, 0.25) is 10.0 Å². The largest absolute Gasteiger partial charge is 0.399 e. The Kier molecular flexibility index (Phi) is 3.49. The van der Waals surface area contributed by atoms with Crippen LogP contribution in [0.25, 0.3) is 0 Å². The van der Waals surface area contributed by atoms with Gasteiger partial charge in [-0.25, -0.2) is 13.6 Å². The first-order valence-corrected chi connectivity index (χ1v) is 7.94. The van der Waals surface area contributed by atoms with Crippen molar-refractivity contribution in [2.24, 2.45) is 11.1 Å². The van der Waals surface area contributed by atoms with Crippen LogP contribution in [0.3, 0.4) is 0 Å². The van der Waals surface area contributed by atoms with E-state index in [1.54, 1.807) is 6.92 Å². The smallest absolute Gasteiger partial charge is 0.238 e. The fourth-order valence-corrected chi connectivity index (χ4v) is 3.75. The van der Waals surface area contributed by atoms with Crippen molar-refractivity contribution in [1.29, 1.82) is 0 Å². The number of nitrogens with zero attached hydrogens (tertiary/aromatic N) is 1. The van der Waals surface area contributed by atoms with Crippen molar-refractivity contribution in [3.05, 3.63) is 17.7 Å². The van der Waals surface area contributed by atoms with E-state index in [2.05, 4.69) is 18.7 Å². The lowest BCUT2D eigenvalue weighted by atomic mass is 10.1. The minimum absolute atomic E-state index is 0.120. The summed E-state index contributed by atoms with van der Waals surface area (Å²) in [6.45, 7) is 7.03. The molecule has 106 valence electrons. The van der Waals surface area contributed by atoms with E-state index in [0.717, 1.165) is 18.7 Å². The fourth-order valence-electron chi connectivity index (χ4n) is 2.92. The van der Waals surface area contributed by atoms with Gasteiger partial charge in [0.15, 0.2) is 0 Å². The van der Waals surface area contributed by atoms with E-state index in [1.165, 1.54) is 6.07 Å². The standard InChI is InChI=1S/C13H21N3O2S/c1-8-4-9(2)16(7-8)12-5-11(14)6-13(10(12)3)19(15,17)18/h5-6,8-9H,4,7,14H2,1-3H3,(H2,15,17,18). The molecule has 0 bridgehead atoms. The van der Waals surface area contributed by atoms with Gasteiger partial charge in [0.1, 0.15) is 0 Å². The molecular formula is C13H21N3O2S. The van der Waals surface area contributed by atoms with Gasteiger partial charge in [-0.2, -0.15) is 0 Å². The molecule has 0 amide bonds. The van der Waals surface area contributed by atoms with Crippen LogP contribution in [0.4, 0.5) is 11.4 Å². The van der Waals surface area contributed by atoms with E-state index in [-0.39, 0.29) is 4.90 Å². The lowest BCUT2D eigenvalue weighted by molar-refractivity contribution is 0.597. The summed E-state index contributed by atoms with van der Waals surface area (Å²) >= 11 is 0. The fraction of sp³-hybridized carbons (Fsp3) is 0.538. The lowest BCUT2D eigenvalue weighted by Gasteiger charge is -2.27. The Bertz CT molecular complexity index is 598. The van der Waals surface area contributed by atoms with Crippen LogP contribution in [0, 0.1) is 12.8 Å². The van der Waals surface area contributed by atoms with Crippen LogP contribution in [0.2, 0.25) is 0 Å². The molecule has 0 spiro atoms.